The lowest BCUT2D eigenvalue weighted by atomic mass is 10.1. The highest BCUT2D eigenvalue weighted by atomic mass is 32.2. The number of hydrogen-bond donors (Lipinski definition) is 0. The highest BCUT2D eigenvalue weighted by Crippen LogP contribution is 2.27. The van der Waals surface area contributed by atoms with Gasteiger partial charge in [0.15, 0.2) is 0 Å². The van der Waals surface area contributed by atoms with E-state index >= 15 is 0 Å². The number of methoxy groups -OCH3 is 1. The van der Waals surface area contributed by atoms with Crippen molar-refractivity contribution in [1.82, 2.24) is 4.90 Å². The van der Waals surface area contributed by atoms with Gasteiger partial charge >= 0.3 is 0 Å². The summed E-state index contributed by atoms with van der Waals surface area (Å²) in [5, 5.41) is -0.107. The molecule has 0 N–H and O–H groups in total. The zero-order valence-electron chi connectivity index (χ0n) is 11.1. The van der Waals surface area contributed by atoms with Gasteiger partial charge in [0.25, 0.3) is 0 Å². The van der Waals surface area contributed by atoms with Crippen molar-refractivity contribution in [2.45, 2.75) is 23.8 Å². The Kier molecular flexibility index (Phi) is 4.47. The molecule has 0 aromatic heterocycles. The molecule has 0 radical (unpaired) electrons. The number of hydrogen-bond acceptors (Lipinski definition) is 4. The topological polar surface area (TPSA) is 46.6 Å². The first-order chi connectivity index (χ1) is 9.11. The first-order valence-electron chi connectivity index (χ1n) is 6.16. The van der Waals surface area contributed by atoms with Crippen LogP contribution in [0.1, 0.15) is 18.4 Å². The van der Waals surface area contributed by atoms with Gasteiger partial charge in [0, 0.05) is 19.2 Å². The molecule has 1 heterocycles. The number of piperidine rings is 1. The first kappa shape index (κ1) is 13.9. The van der Waals surface area contributed by atoms with Crippen molar-refractivity contribution in [3.05, 3.63) is 29.8 Å². The maximum absolute atomic E-state index is 11.9. The predicted molar refractivity (Wildman–Crippen MR) is 75.1 cm³/mol. The number of likely N-dealkylation sites (tertiary alicyclic amines) is 1. The first-order valence-corrected chi connectivity index (χ1v) is 7.21. The molecule has 0 saturated carbocycles. The van der Waals surface area contributed by atoms with Gasteiger partial charge < -0.3 is 4.74 Å². The molecule has 1 atom stereocenters. The van der Waals surface area contributed by atoms with E-state index in [0.717, 1.165) is 17.1 Å². The average Bonchev–Trinajstić information content (AvgIpc) is 2.45. The molecule has 1 aliphatic heterocycles. The molecule has 0 bridgehead atoms. The molecule has 0 aliphatic carbocycles. The minimum Gasteiger partial charge on any atom is -0.497 e. The zero-order valence-corrected chi connectivity index (χ0v) is 11.9. The SMILES string of the molecule is COc1ccc(CSC2CCC(=O)N(C)C2=O)cc1. The summed E-state index contributed by atoms with van der Waals surface area (Å²) in [5.41, 5.74) is 1.15. The van der Waals surface area contributed by atoms with Crippen molar-refractivity contribution in [3.8, 4) is 5.75 Å². The Labute approximate surface area is 117 Å². The van der Waals surface area contributed by atoms with E-state index in [0.29, 0.717) is 12.8 Å². The van der Waals surface area contributed by atoms with E-state index in [1.54, 1.807) is 25.9 Å². The molecule has 102 valence electrons. The van der Waals surface area contributed by atoms with E-state index in [2.05, 4.69) is 0 Å². The van der Waals surface area contributed by atoms with Crippen LogP contribution in [0.5, 0.6) is 5.75 Å². The normalized spacial score (nSPS) is 19.7. The predicted octanol–water partition coefficient (Wildman–Crippen LogP) is 2.08. The van der Waals surface area contributed by atoms with Crippen molar-refractivity contribution >= 4 is 23.6 Å². The molecule has 1 aromatic rings. The summed E-state index contributed by atoms with van der Waals surface area (Å²) in [5.74, 6) is 1.44. The number of carbonyl (C=O) groups excluding carboxylic acids is 2. The van der Waals surface area contributed by atoms with E-state index in [-0.39, 0.29) is 17.1 Å². The van der Waals surface area contributed by atoms with Crippen LogP contribution in [0, 0.1) is 0 Å². The van der Waals surface area contributed by atoms with Gasteiger partial charge in [0.2, 0.25) is 11.8 Å². The van der Waals surface area contributed by atoms with Crippen molar-refractivity contribution in [1.29, 1.82) is 0 Å². The van der Waals surface area contributed by atoms with Crippen LogP contribution in [0.25, 0.3) is 0 Å². The summed E-state index contributed by atoms with van der Waals surface area (Å²) >= 11 is 1.59. The number of rotatable bonds is 4. The third kappa shape index (κ3) is 3.29. The fourth-order valence-electron chi connectivity index (χ4n) is 1.96. The molecule has 1 aromatic carbocycles. The van der Waals surface area contributed by atoms with Gasteiger partial charge in [0.05, 0.1) is 12.4 Å². The minimum atomic E-state index is -0.107. The van der Waals surface area contributed by atoms with E-state index in [1.807, 2.05) is 24.3 Å². The van der Waals surface area contributed by atoms with E-state index in [4.69, 9.17) is 4.74 Å². The van der Waals surface area contributed by atoms with Gasteiger partial charge in [-0.05, 0) is 24.1 Å². The molecule has 4 nitrogen and oxygen atoms in total. The molecular formula is C14H17NO3S. The van der Waals surface area contributed by atoms with E-state index in [1.165, 1.54) is 4.90 Å². The zero-order chi connectivity index (χ0) is 13.8. The van der Waals surface area contributed by atoms with E-state index < -0.39 is 0 Å². The lowest BCUT2D eigenvalue weighted by molar-refractivity contribution is -0.145. The van der Waals surface area contributed by atoms with Gasteiger partial charge in [-0.3, -0.25) is 14.5 Å². The van der Waals surface area contributed by atoms with Crippen LogP contribution >= 0.6 is 11.8 Å². The molecule has 2 rings (SSSR count). The van der Waals surface area contributed by atoms with Crippen LogP contribution in [0.4, 0.5) is 0 Å². The van der Waals surface area contributed by atoms with E-state index in [9.17, 15) is 9.59 Å². The second-order valence-corrected chi connectivity index (χ2v) is 5.67. The molecule has 2 amide bonds. The number of thioether (sulfide) groups is 1. The molecule has 1 saturated heterocycles. The van der Waals surface area contributed by atoms with Crippen molar-refractivity contribution in [2.75, 3.05) is 14.2 Å². The fourth-order valence-corrected chi connectivity index (χ4v) is 3.13. The molecule has 1 aliphatic rings. The monoisotopic (exact) mass is 279 g/mol. The highest BCUT2D eigenvalue weighted by molar-refractivity contribution is 7.99. The Hall–Kier alpha value is -1.49. The fraction of sp³-hybridized carbons (Fsp3) is 0.429. The average molecular weight is 279 g/mol. The molecule has 0 spiro atoms. The van der Waals surface area contributed by atoms with Crippen molar-refractivity contribution in [2.24, 2.45) is 0 Å². The smallest absolute Gasteiger partial charge is 0.242 e. The van der Waals surface area contributed by atoms with Crippen LogP contribution in [-0.2, 0) is 15.3 Å². The number of benzene rings is 1. The molecule has 19 heavy (non-hydrogen) atoms. The Morgan fingerprint density at radius 3 is 2.63 bits per heavy atom. The Morgan fingerprint density at radius 1 is 1.32 bits per heavy atom. The summed E-state index contributed by atoms with van der Waals surface area (Å²) in [6, 6.07) is 7.81. The summed E-state index contributed by atoms with van der Waals surface area (Å²) in [7, 11) is 3.20. The third-order valence-electron chi connectivity index (χ3n) is 3.21. The van der Waals surface area contributed by atoms with Crippen molar-refractivity contribution in [3.63, 3.8) is 0 Å². The van der Waals surface area contributed by atoms with Gasteiger partial charge in [0.1, 0.15) is 5.75 Å². The molecular weight excluding hydrogens is 262 g/mol. The van der Waals surface area contributed by atoms with Gasteiger partial charge in [-0.25, -0.2) is 0 Å². The molecule has 1 fully saturated rings. The van der Waals surface area contributed by atoms with Gasteiger partial charge in [-0.2, -0.15) is 0 Å². The summed E-state index contributed by atoms with van der Waals surface area (Å²) in [4.78, 5) is 24.5. The van der Waals surface area contributed by atoms with Crippen LogP contribution in [0.3, 0.4) is 0 Å². The summed E-state index contributed by atoms with van der Waals surface area (Å²) in [6.07, 6.45) is 1.10. The number of ether oxygens (including phenoxy) is 1. The van der Waals surface area contributed by atoms with Gasteiger partial charge in [-0.1, -0.05) is 12.1 Å². The molecule has 5 heteroatoms. The standard InChI is InChI=1S/C14H17NO3S/c1-15-13(16)8-7-12(14(15)17)19-9-10-3-5-11(18-2)6-4-10/h3-6,12H,7-9H2,1-2H3. The second-order valence-electron chi connectivity index (χ2n) is 4.48. The Balaban J connectivity index is 1.91. The van der Waals surface area contributed by atoms with Crippen LogP contribution in [-0.4, -0.2) is 36.1 Å². The van der Waals surface area contributed by atoms with Crippen LogP contribution < -0.4 is 4.74 Å². The number of imide groups is 1. The number of nitrogens with zero attached hydrogens (tertiary/aromatic N) is 1. The quantitative estimate of drug-likeness (QED) is 0.792. The highest BCUT2D eigenvalue weighted by Gasteiger charge is 2.31. The number of carbonyl (C=O) groups is 2. The molecule has 1 unspecified atom stereocenters. The lowest BCUT2D eigenvalue weighted by Gasteiger charge is -2.27. The lowest BCUT2D eigenvalue weighted by Crippen LogP contribution is -2.43. The Morgan fingerprint density at radius 2 is 2.00 bits per heavy atom. The Bertz CT molecular complexity index is 472. The second kappa shape index (κ2) is 6.10. The largest absolute Gasteiger partial charge is 0.497 e. The summed E-state index contributed by atoms with van der Waals surface area (Å²) < 4.78 is 5.10. The number of amides is 2. The maximum Gasteiger partial charge on any atom is 0.242 e. The summed E-state index contributed by atoms with van der Waals surface area (Å²) in [6.45, 7) is 0. The van der Waals surface area contributed by atoms with Crippen molar-refractivity contribution < 1.29 is 14.3 Å². The minimum absolute atomic E-state index is 0.0743. The maximum atomic E-state index is 11.9. The third-order valence-corrected chi connectivity index (χ3v) is 4.55. The van der Waals surface area contributed by atoms with Gasteiger partial charge in [-0.15, -0.1) is 11.8 Å². The van der Waals surface area contributed by atoms with Crippen LogP contribution in [0.2, 0.25) is 0 Å². The van der Waals surface area contributed by atoms with Crippen LogP contribution in [0.15, 0.2) is 24.3 Å².